The molecule has 0 fully saturated rings. The number of benzene rings is 3. The van der Waals surface area contributed by atoms with Gasteiger partial charge in [0.15, 0.2) is 0 Å². The number of rotatable bonds is 7. The first-order valence-corrected chi connectivity index (χ1v) is 10.8. The van der Waals surface area contributed by atoms with Crippen molar-refractivity contribution in [1.29, 1.82) is 0 Å². The number of ether oxygens (including phenoxy) is 2. The molecular formula is C26H23N3O6. The Bertz CT molecular complexity index is 1230. The molecule has 9 heteroatoms. The number of carbonyl (C=O) groups excluding carboxylic acids is 4. The van der Waals surface area contributed by atoms with Crippen molar-refractivity contribution in [1.82, 2.24) is 15.8 Å². The average molecular weight is 473 g/mol. The van der Waals surface area contributed by atoms with E-state index in [1.165, 1.54) is 26.4 Å². The van der Waals surface area contributed by atoms with E-state index in [0.717, 1.165) is 10.5 Å². The zero-order chi connectivity index (χ0) is 24.9. The Labute approximate surface area is 201 Å². The Hall–Kier alpha value is -4.66. The molecule has 35 heavy (non-hydrogen) atoms. The summed E-state index contributed by atoms with van der Waals surface area (Å²) in [6.45, 7) is 0. The van der Waals surface area contributed by atoms with Crippen LogP contribution in [-0.2, 0) is 11.2 Å². The van der Waals surface area contributed by atoms with Crippen LogP contribution in [0.2, 0.25) is 0 Å². The van der Waals surface area contributed by atoms with Gasteiger partial charge < -0.3 is 9.47 Å². The van der Waals surface area contributed by atoms with Crippen LogP contribution in [0, 0.1) is 0 Å². The Morgan fingerprint density at radius 2 is 1.34 bits per heavy atom. The third kappa shape index (κ3) is 4.84. The minimum Gasteiger partial charge on any atom is -0.497 e. The van der Waals surface area contributed by atoms with Crippen LogP contribution in [-0.4, -0.2) is 48.8 Å². The highest BCUT2D eigenvalue weighted by Crippen LogP contribution is 2.26. The van der Waals surface area contributed by atoms with Gasteiger partial charge in [-0.05, 0) is 29.8 Å². The first-order chi connectivity index (χ1) is 16.9. The fraction of sp³-hybridized carbons (Fsp3) is 0.154. The average Bonchev–Trinajstić information content (AvgIpc) is 3.15. The number of nitrogens with one attached hydrogen (secondary N) is 2. The van der Waals surface area contributed by atoms with Crippen LogP contribution in [0.5, 0.6) is 11.5 Å². The summed E-state index contributed by atoms with van der Waals surface area (Å²) in [6.07, 6.45) is 0.0704. The summed E-state index contributed by atoms with van der Waals surface area (Å²) in [5, 5.41) is 0. The predicted molar refractivity (Wildman–Crippen MR) is 126 cm³/mol. The van der Waals surface area contributed by atoms with Gasteiger partial charge in [0.05, 0.1) is 25.3 Å². The molecule has 0 spiro atoms. The van der Waals surface area contributed by atoms with E-state index in [1.807, 2.05) is 6.07 Å². The number of methoxy groups -OCH3 is 2. The number of amides is 4. The standard InChI is InChI=1S/C26H23N3O6/c1-34-18-13-17(14-19(15-18)35-2)23(30)27-28-24(31)22(12-16-8-4-3-5-9-16)29-25(32)20-10-6-7-11-21(20)26(29)33/h3-11,13-15,22H,12H2,1-2H3,(H,27,30)(H,28,31)/t22-/m0/s1. The highest BCUT2D eigenvalue weighted by Gasteiger charge is 2.42. The van der Waals surface area contributed by atoms with Crippen molar-refractivity contribution in [3.63, 3.8) is 0 Å². The summed E-state index contributed by atoms with van der Waals surface area (Å²) >= 11 is 0. The molecule has 1 atom stereocenters. The van der Waals surface area contributed by atoms with E-state index in [9.17, 15) is 19.2 Å². The summed E-state index contributed by atoms with van der Waals surface area (Å²) in [6, 6.07) is 18.8. The Balaban J connectivity index is 1.56. The van der Waals surface area contributed by atoms with Crippen LogP contribution in [0.4, 0.5) is 0 Å². The second-order valence-electron chi connectivity index (χ2n) is 7.78. The second-order valence-corrected chi connectivity index (χ2v) is 7.78. The van der Waals surface area contributed by atoms with Crippen molar-refractivity contribution in [3.05, 3.63) is 95.1 Å². The van der Waals surface area contributed by atoms with E-state index in [4.69, 9.17) is 9.47 Å². The highest BCUT2D eigenvalue weighted by atomic mass is 16.5. The quantitative estimate of drug-likeness (QED) is 0.402. The molecule has 2 N–H and O–H groups in total. The van der Waals surface area contributed by atoms with E-state index in [2.05, 4.69) is 10.9 Å². The van der Waals surface area contributed by atoms with Gasteiger partial charge in [-0.15, -0.1) is 0 Å². The van der Waals surface area contributed by atoms with Gasteiger partial charge in [-0.25, -0.2) is 0 Å². The Morgan fingerprint density at radius 3 is 1.89 bits per heavy atom. The van der Waals surface area contributed by atoms with E-state index >= 15 is 0 Å². The number of hydrogen-bond donors (Lipinski definition) is 2. The molecule has 0 saturated carbocycles. The zero-order valence-corrected chi connectivity index (χ0v) is 19.1. The number of fused-ring (bicyclic) bond motifs is 1. The lowest BCUT2D eigenvalue weighted by atomic mass is 10.0. The van der Waals surface area contributed by atoms with Gasteiger partial charge in [-0.2, -0.15) is 0 Å². The minimum atomic E-state index is -1.19. The molecular weight excluding hydrogens is 450 g/mol. The fourth-order valence-electron chi connectivity index (χ4n) is 3.84. The van der Waals surface area contributed by atoms with Crippen LogP contribution in [0.3, 0.4) is 0 Å². The Morgan fingerprint density at radius 1 is 0.800 bits per heavy atom. The van der Waals surface area contributed by atoms with Crippen LogP contribution < -0.4 is 20.3 Å². The molecule has 1 heterocycles. The van der Waals surface area contributed by atoms with Gasteiger partial charge in [0, 0.05) is 18.1 Å². The largest absolute Gasteiger partial charge is 0.497 e. The van der Waals surface area contributed by atoms with Crippen molar-refractivity contribution < 1.29 is 28.7 Å². The number of imide groups is 1. The number of hydrogen-bond acceptors (Lipinski definition) is 6. The molecule has 0 radical (unpaired) electrons. The molecule has 1 aliphatic heterocycles. The molecule has 4 amide bonds. The van der Waals surface area contributed by atoms with E-state index in [-0.39, 0.29) is 23.1 Å². The number of hydrazine groups is 1. The maximum atomic E-state index is 13.2. The van der Waals surface area contributed by atoms with Gasteiger partial charge in [-0.1, -0.05) is 42.5 Å². The summed E-state index contributed by atoms with van der Waals surface area (Å²) in [4.78, 5) is 53.0. The van der Waals surface area contributed by atoms with Crippen molar-refractivity contribution in [3.8, 4) is 11.5 Å². The summed E-state index contributed by atoms with van der Waals surface area (Å²) in [7, 11) is 2.91. The lowest BCUT2D eigenvalue weighted by Crippen LogP contribution is -2.54. The van der Waals surface area contributed by atoms with Crippen molar-refractivity contribution >= 4 is 23.6 Å². The summed E-state index contributed by atoms with van der Waals surface area (Å²) < 4.78 is 10.3. The highest BCUT2D eigenvalue weighted by molar-refractivity contribution is 6.22. The van der Waals surface area contributed by atoms with Gasteiger partial charge >= 0.3 is 0 Å². The molecule has 178 valence electrons. The van der Waals surface area contributed by atoms with Crippen LogP contribution in [0.15, 0.2) is 72.8 Å². The Kier molecular flexibility index (Phi) is 6.77. The van der Waals surface area contributed by atoms with E-state index in [0.29, 0.717) is 11.5 Å². The van der Waals surface area contributed by atoms with Gasteiger partial charge in [0.1, 0.15) is 17.5 Å². The number of nitrogens with zero attached hydrogens (tertiary/aromatic N) is 1. The van der Waals surface area contributed by atoms with Crippen LogP contribution in [0.1, 0.15) is 36.6 Å². The lowest BCUT2D eigenvalue weighted by Gasteiger charge is -2.25. The smallest absolute Gasteiger partial charge is 0.269 e. The van der Waals surface area contributed by atoms with Crippen molar-refractivity contribution in [2.75, 3.05) is 14.2 Å². The predicted octanol–water partition coefficient (Wildman–Crippen LogP) is 2.37. The maximum absolute atomic E-state index is 13.2. The first-order valence-electron chi connectivity index (χ1n) is 10.8. The molecule has 0 bridgehead atoms. The molecule has 0 saturated heterocycles. The molecule has 0 aromatic heterocycles. The van der Waals surface area contributed by atoms with Gasteiger partial charge in [0.25, 0.3) is 23.6 Å². The first kappa shape index (κ1) is 23.5. The van der Waals surface area contributed by atoms with E-state index in [1.54, 1.807) is 54.6 Å². The SMILES string of the molecule is COc1cc(OC)cc(C(=O)NNC(=O)[C@H](Cc2ccccc2)N2C(=O)c3ccccc3C2=O)c1. The molecule has 1 aliphatic rings. The normalized spacial score (nSPS) is 13.1. The van der Waals surface area contributed by atoms with Crippen LogP contribution >= 0.6 is 0 Å². The van der Waals surface area contributed by atoms with Crippen molar-refractivity contribution in [2.24, 2.45) is 0 Å². The topological polar surface area (TPSA) is 114 Å². The fourth-order valence-corrected chi connectivity index (χ4v) is 3.84. The van der Waals surface area contributed by atoms with Gasteiger partial charge in [-0.3, -0.25) is 34.9 Å². The molecule has 3 aromatic carbocycles. The zero-order valence-electron chi connectivity index (χ0n) is 19.1. The molecule has 3 aromatic rings. The molecule has 0 unspecified atom stereocenters. The monoisotopic (exact) mass is 473 g/mol. The number of carbonyl (C=O) groups is 4. The third-order valence-electron chi connectivity index (χ3n) is 5.62. The molecule has 9 nitrogen and oxygen atoms in total. The van der Waals surface area contributed by atoms with Crippen molar-refractivity contribution in [2.45, 2.75) is 12.5 Å². The van der Waals surface area contributed by atoms with Crippen LogP contribution in [0.25, 0.3) is 0 Å². The second kappa shape index (κ2) is 10.1. The summed E-state index contributed by atoms with van der Waals surface area (Å²) in [5.74, 6) is -1.68. The molecule has 4 rings (SSSR count). The maximum Gasteiger partial charge on any atom is 0.269 e. The minimum absolute atomic E-state index is 0.0704. The molecule has 0 aliphatic carbocycles. The van der Waals surface area contributed by atoms with E-state index < -0.39 is 29.7 Å². The summed E-state index contributed by atoms with van der Waals surface area (Å²) in [5.41, 5.74) is 6.09. The lowest BCUT2D eigenvalue weighted by molar-refractivity contribution is -0.125. The third-order valence-corrected chi connectivity index (χ3v) is 5.62. The van der Waals surface area contributed by atoms with Gasteiger partial charge in [0.2, 0.25) is 0 Å².